The number of pyridine rings is 3. The predicted octanol–water partition coefficient (Wildman–Crippen LogP) is 23.3. The van der Waals surface area contributed by atoms with E-state index < -0.39 is 0 Å². The fourth-order valence-electron chi connectivity index (χ4n) is 11.8. The van der Waals surface area contributed by atoms with Gasteiger partial charge in [-0.2, -0.15) is 10.2 Å². The minimum Gasteiger partial charge on any atom is -0.493 e. The molecular formula is C88H118N8O6. The van der Waals surface area contributed by atoms with Gasteiger partial charge in [0.2, 0.25) is 6.79 Å². The minimum atomic E-state index is -0.0159. The van der Waals surface area contributed by atoms with Gasteiger partial charge in [0.1, 0.15) is 28.5 Å². The van der Waals surface area contributed by atoms with Gasteiger partial charge in [0, 0.05) is 74.7 Å². The molecule has 0 N–H and O–H groups in total. The number of imidazole rings is 1. The number of ether oxygens (including phenoxy) is 4. The molecule has 3 aromatic carbocycles. The Hall–Kier alpha value is -9.17. The summed E-state index contributed by atoms with van der Waals surface area (Å²) in [5.74, 6) is 10.1. The van der Waals surface area contributed by atoms with Crippen LogP contribution in [0.15, 0.2) is 174 Å². The highest BCUT2D eigenvalue weighted by atomic mass is 16.7. The summed E-state index contributed by atoms with van der Waals surface area (Å²) in [6.45, 7) is 51.8. The molecule has 0 unspecified atom stereocenters. The first-order valence-electron chi connectivity index (χ1n) is 37.0. The Morgan fingerprint density at radius 1 is 0.520 bits per heavy atom. The minimum absolute atomic E-state index is 0.0159. The molecule has 0 spiro atoms. The van der Waals surface area contributed by atoms with Gasteiger partial charge >= 0.3 is 0 Å². The Labute approximate surface area is 610 Å². The van der Waals surface area contributed by atoms with Crippen LogP contribution in [0, 0.1) is 13.8 Å². The van der Waals surface area contributed by atoms with Crippen LogP contribution in [0.3, 0.4) is 0 Å². The van der Waals surface area contributed by atoms with Gasteiger partial charge in [-0.05, 0) is 204 Å². The summed E-state index contributed by atoms with van der Waals surface area (Å²) in [5, 5.41) is 12.2. The zero-order valence-corrected chi connectivity index (χ0v) is 65.6. The van der Waals surface area contributed by atoms with Gasteiger partial charge in [-0.15, -0.1) is 0 Å². The topological polar surface area (TPSA) is 141 Å². The molecule has 0 amide bonds. The van der Waals surface area contributed by atoms with Crippen molar-refractivity contribution in [1.82, 2.24) is 38.9 Å². The SMILES string of the molecule is CC(C)c1ccc2c(c1)CC(C)(C)O2.CC(C)c1ccc2c(c1)CCO2.CC(C)c1ccc2c(c1)OCO2.CC(C)c1ccc2ccnn2c1.CC(C)c1ccc2nccn2c1.CC(C)c1ccnc2c1C=CC2.CC(C)c1ccoc1.CCn1cc(C(C)C)cn1.Cc1noc(C)c1C(C)C. The van der Waals surface area contributed by atoms with Crippen LogP contribution < -0.4 is 18.9 Å². The van der Waals surface area contributed by atoms with Crippen molar-refractivity contribution >= 4 is 17.2 Å². The lowest BCUT2D eigenvalue weighted by molar-refractivity contribution is 0.138. The van der Waals surface area contributed by atoms with Crippen molar-refractivity contribution in [2.75, 3.05) is 13.4 Å². The first-order chi connectivity index (χ1) is 48.5. The molecule has 4 aliphatic rings. The van der Waals surface area contributed by atoms with E-state index in [4.69, 9.17) is 27.9 Å². The number of benzene rings is 3. The van der Waals surface area contributed by atoms with Crippen LogP contribution >= 0.6 is 0 Å². The van der Waals surface area contributed by atoms with Crippen molar-refractivity contribution in [2.24, 2.45) is 0 Å². The third-order valence-corrected chi connectivity index (χ3v) is 18.2. The number of nitrogens with zero attached hydrogens (tertiary/aromatic N) is 8. The maximum atomic E-state index is 5.83. The first-order valence-corrected chi connectivity index (χ1v) is 37.0. The molecule has 102 heavy (non-hydrogen) atoms. The number of hydrogen-bond acceptors (Lipinski definition) is 11. The number of furan rings is 1. The third-order valence-electron chi connectivity index (χ3n) is 18.2. The average Bonchev–Trinajstić information content (AvgIpc) is 1.66. The lowest BCUT2D eigenvalue weighted by Crippen LogP contribution is -2.24. The number of allylic oxidation sites excluding steroid dienone is 1. The highest BCUT2D eigenvalue weighted by Crippen LogP contribution is 2.37. The summed E-state index contributed by atoms with van der Waals surface area (Å²) in [5.41, 5.74) is 20.6. The molecule has 8 aromatic heterocycles. The van der Waals surface area contributed by atoms with E-state index in [1.807, 2.05) is 78.3 Å². The summed E-state index contributed by atoms with van der Waals surface area (Å²) in [6, 6.07) is 33.8. The molecule has 0 saturated heterocycles. The maximum Gasteiger partial charge on any atom is 0.231 e. The van der Waals surface area contributed by atoms with Crippen LogP contribution in [0.4, 0.5) is 0 Å². The van der Waals surface area contributed by atoms with Gasteiger partial charge in [-0.1, -0.05) is 184 Å². The van der Waals surface area contributed by atoms with Crippen LogP contribution in [-0.2, 0) is 25.8 Å². The maximum absolute atomic E-state index is 5.83. The Kier molecular flexibility index (Phi) is 30.0. The quantitative estimate of drug-likeness (QED) is 0.129. The summed E-state index contributed by atoms with van der Waals surface area (Å²) in [6.07, 6.45) is 26.8. The van der Waals surface area contributed by atoms with Crippen molar-refractivity contribution in [3.63, 3.8) is 0 Å². The standard InChI is InChI=1S/C13H18O.C11H13N.C11H14O.2C10H12N2.C10H12O2.C8H14N2.C8H13NO.C7H10O/c1-9(2)10-5-6-12-11(7-10)8-13(3,4)14-12;1-8(2)9-6-7-12-11-5-3-4-10(9)11;1-8(2)9-3-4-11-10(7-9)5-6-12-11;1-8(2)9-3-4-10-11-5-6-12(10)7-9;1-8(2)9-3-4-10-5-6-11-12(10)7-9;1-7(2)8-3-4-9-10(5-8)12-6-11-9;1-4-10-6-8(5-9-10)7(2)3;1-5(2)8-6(3)9-10-7(8)4;1-6(2)7-3-4-8-5-7/h5-7,9H,8H2,1-4H3;3-4,6-8H,5H2,1-2H3;3-4,7-8H,5-6H2,1-2H3;2*3-8H,1-2H3;3-5,7H,6H2,1-2H3;5-7H,4H2,1-3H3;5H,1-4H3;3-6H,1-2H3. The number of aryl methyl sites for hydroxylation is 3. The van der Waals surface area contributed by atoms with E-state index in [-0.39, 0.29) is 5.60 Å². The van der Waals surface area contributed by atoms with E-state index in [1.165, 1.54) is 72.5 Å². The molecular weight excluding hydrogens is 1270 g/mol. The Balaban J connectivity index is 0.000000161. The summed E-state index contributed by atoms with van der Waals surface area (Å²) in [7, 11) is 0. The molecule has 0 radical (unpaired) electrons. The lowest BCUT2D eigenvalue weighted by Gasteiger charge is -2.16. The molecule has 0 atom stereocenters. The van der Waals surface area contributed by atoms with E-state index >= 15 is 0 Å². The molecule has 11 heterocycles. The Morgan fingerprint density at radius 3 is 1.70 bits per heavy atom. The van der Waals surface area contributed by atoms with Crippen molar-refractivity contribution < 1.29 is 27.9 Å². The molecule has 0 bridgehead atoms. The van der Waals surface area contributed by atoms with Gasteiger partial charge in [0.05, 0.1) is 42.2 Å². The van der Waals surface area contributed by atoms with Crippen LogP contribution in [0.25, 0.3) is 17.2 Å². The number of aromatic nitrogens is 8. The van der Waals surface area contributed by atoms with Crippen molar-refractivity contribution in [3.8, 4) is 23.0 Å². The van der Waals surface area contributed by atoms with Crippen molar-refractivity contribution in [1.29, 1.82) is 0 Å². The van der Waals surface area contributed by atoms with E-state index in [2.05, 4.69) is 279 Å². The van der Waals surface area contributed by atoms with Crippen LogP contribution in [0.1, 0.15) is 283 Å². The first kappa shape index (κ1) is 80.1. The monoisotopic (exact) mass is 1380 g/mol. The number of hydrogen-bond donors (Lipinski definition) is 0. The normalized spacial score (nSPS) is 13.1. The average molecular weight is 1380 g/mol. The summed E-state index contributed by atoms with van der Waals surface area (Å²) in [4.78, 5) is 8.52. The molecule has 11 aromatic rings. The molecule has 3 aliphatic heterocycles. The molecule has 0 saturated carbocycles. The van der Waals surface area contributed by atoms with Crippen LogP contribution in [0.2, 0.25) is 0 Å². The molecule has 14 nitrogen and oxygen atoms in total. The smallest absolute Gasteiger partial charge is 0.231 e. The summed E-state index contributed by atoms with van der Waals surface area (Å²) < 4.78 is 37.5. The van der Waals surface area contributed by atoms with E-state index in [9.17, 15) is 0 Å². The van der Waals surface area contributed by atoms with E-state index in [0.717, 1.165) is 78.0 Å². The van der Waals surface area contributed by atoms with E-state index in [1.54, 1.807) is 12.5 Å². The fraction of sp³-hybridized carbons (Fsp3) is 0.443. The molecule has 14 heteroatoms. The second kappa shape index (κ2) is 38.2. The van der Waals surface area contributed by atoms with E-state index in [0.29, 0.717) is 60.1 Å². The van der Waals surface area contributed by atoms with Gasteiger partial charge in [-0.25, -0.2) is 9.50 Å². The second-order valence-electron chi connectivity index (χ2n) is 30.0. The molecule has 1 aliphatic carbocycles. The van der Waals surface area contributed by atoms with Gasteiger partial charge in [0.25, 0.3) is 0 Å². The Bertz CT molecular complexity index is 4180. The third kappa shape index (κ3) is 23.4. The van der Waals surface area contributed by atoms with Crippen LogP contribution in [-0.4, -0.2) is 57.9 Å². The molecule has 0 fully saturated rings. The van der Waals surface area contributed by atoms with Crippen molar-refractivity contribution in [2.45, 2.75) is 244 Å². The highest BCUT2D eigenvalue weighted by Gasteiger charge is 2.30. The predicted molar refractivity (Wildman–Crippen MR) is 420 cm³/mol. The zero-order valence-electron chi connectivity index (χ0n) is 65.6. The Morgan fingerprint density at radius 2 is 1.13 bits per heavy atom. The lowest BCUT2D eigenvalue weighted by atomic mass is 9.96. The van der Waals surface area contributed by atoms with Crippen molar-refractivity contribution in [3.05, 3.63) is 249 Å². The highest BCUT2D eigenvalue weighted by molar-refractivity contribution is 5.62. The van der Waals surface area contributed by atoms with Crippen LogP contribution in [0.5, 0.6) is 23.0 Å². The molecule has 15 rings (SSSR count). The largest absolute Gasteiger partial charge is 0.493 e. The van der Waals surface area contributed by atoms with Gasteiger partial charge in [-0.3, -0.25) is 9.67 Å². The van der Waals surface area contributed by atoms with Gasteiger partial charge < -0.3 is 32.3 Å². The zero-order chi connectivity index (χ0) is 74.4. The fourth-order valence-corrected chi connectivity index (χ4v) is 11.8. The van der Waals surface area contributed by atoms with Gasteiger partial charge in [0.15, 0.2) is 11.5 Å². The number of rotatable bonds is 10. The summed E-state index contributed by atoms with van der Waals surface area (Å²) >= 11 is 0. The molecule has 546 valence electrons. The number of fused-ring (bicyclic) bond motifs is 6. The second-order valence-corrected chi connectivity index (χ2v) is 30.0.